The summed E-state index contributed by atoms with van der Waals surface area (Å²) < 4.78 is 0. The smallest absolute Gasteiger partial charge is 0.133 e. The van der Waals surface area contributed by atoms with Crippen LogP contribution in [0.25, 0.3) is 21.5 Å². The van der Waals surface area contributed by atoms with E-state index in [9.17, 15) is 10.2 Å². The second kappa shape index (κ2) is 16.6. The predicted octanol–water partition coefficient (Wildman–Crippen LogP) is 12.3. The molecule has 230 valence electrons. The fourth-order valence-electron chi connectivity index (χ4n) is 5.88. The molecule has 0 aliphatic carbocycles. The number of nitrogens with two attached hydrogens (primary N) is 1. The lowest BCUT2D eigenvalue weighted by Gasteiger charge is -2.16. The summed E-state index contributed by atoms with van der Waals surface area (Å²) in [5.74, 6) is 0.162. The first-order valence-corrected chi connectivity index (χ1v) is 17.2. The molecule has 4 rings (SSSR count). The average molecular weight is 600 g/mol. The third kappa shape index (κ3) is 8.44. The monoisotopic (exact) mass is 599 g/mol. The molecule has 0 aliphatic heterocycles. The highest BCUT2D eigenvalue weighted by molar-refractivity contribution is 8.00. The van der Waals surface area contributed by atoms with E-state index in [-0.39, 0.29) is 11.5 Å². The van der Waals surface area contributed by atoms with E-state index in [4.69, 9.17) is 5.73 Å². The molecule has 0 bridgehead atoms. The van der Waals surface area contributed by atoms with Crippen molar-refractivity contribution in [2.75, 3.05) is 5.73 Å². The van der Waals surface area contributed by atoms with Crippen molar-refractivity contribution in [2.24, 2.45) is 10.2 Å². The Morgan fingerprint density at radius 2 is 1.23 bits per heavy atom. The third-order valence-electron chi connectivity index (χ3n) is 8.53. The molecule has 0 aromatic heterocycles. The molecule has 4 aromatic rings. The first kappa shape index (κ1) is 32.7. The Kier molecular flexibility index (Phi) is 12.6. The Morgan fingerprint density at radius 1 is 0.698 bits per heavy atom. The van der Waals surface area contributed by atoms with Gasteiger partial charge in [0.1, 0.15) is 11.5 Å². The number of fused-ring (bicyclic) bond motifs is 2. The summed E-state index contributed by atoms with van der Waals surface area (Å²) in [4.78, 5) is 1.10. The normalized spacial score (nSPS) is 12.5. The van der Waals surface area contributed by atoms with Crippen molar-refractivity contribution in [2.45, 2.75) is 114 Å². The summed E-state index contributed by atoms with van der Waals surface area (Å²) in [6, 6.07) is 17.1. The van der Waals surface area contributed by atoms with E-state index < -0.39 is 0 Å². The molecular formula is C37H49N3O2S. The zero-order valence-electron chi connectivity index (χ0n) is 26.2. The molecule has 0 aliphatic rings. The highest BCUT2D eigenvalue weighted by Gasteiger charge is 2.19. The second-order valence-corrected chi connectivity index (χ2v) is 13.1. The van der Waals surface area contributed by atoms with Gasteiger partial charge in [-0.05, 0) is 43.5 Å². The van der Waals surface area contributed by atoms with Crippen molar-refractivity contribution in [3.05, 3.63) is 60.2 Å². The highest BCUT2D eigenvalue weighted by Crippen LogP contribution is 2.48. The summed E-state index contributed by atoms with van der Waals surface area (Å²) in [5.41, 5.74) is 8.77. The number of rotatable bonds is 17. The molecule has 0 heterocycles. The quantitative estimate of drug-likeness (QED) is 0.0281. The van der Waals surface area contributed by atoms with Crippen LogP contribution < -0.4 is 5.73 Å². The molecule has 0 fully saturated rings. The van der Waals surface area contributed by atoms with Crippen LogP contribution in [0.1, 0.15) is 103 Å². The third-order valence-corrected chi connectivity index (χ3v) is 10.0. The lowest BCUT2D eigenvalue weighted by atomic mass is 9.95. The molecule has 0 saturated heterocycles. The van der Waals surface area contributed by atoms with Gasteiger partial charge in [0.15, 0.2) is 0 Å². The fourth-order valence-corrected chi connectivity index (χ4v) is 7.07. The number of azo groups is 1. The Hall–Kier alpha value is -3.25. The van der Waals surface area contributed by atoms with E-state index in [0.717, 1.165) is 17.0 Å². The zero-order valence-corrected chi connectivity index (χ0v) is 27.1. The molecule has 0 amide bonds. The van der Waals surface area contributed by atoms with Gasteiger partial charge in [0.2, 0.25) is 0 Å². The number of hydrogen-bond acceptors (Lipinski definition) is 6. The minimum atomic E-state index is 0.0705. The SMILES string of the molecule is CCCCCCCCCCCCCC(CC)Sc1ccccc1N=Nc1cc(N)c(C)c2c(O)c3ccccc3c(O)c12. The molecule has 4 N–H and O–H groups in total. The van der Waals surface area contributed by atoms with Gasteiger partial charge in [0.05, 0.1) is 16.8 Å². The standard InChI is InChI=1S/C37H49N3O2S/c1-4-6-7-8-9-10-11-12-13-14-15-20-27(5-2)43-33-24-19-18-23-31(33)39-40-32-25-30(38)26(3)34-35(32)37(42)29-22-17-16-21-28(29)36(34)41/h16-19,21-25,27,41-42H,4-15,20,38H2,1-3H3. The summed E-state index contributed by atoms with van der Waals surface area (Å²) >= 11 is 1.88. The van der Waals surface area contributed by atoms with E-state index in [2.05, 4.69) is 30.1 Å². The molecule has 0 saturated carbocycles. The molecule has 1 unspecified atom stereocenters. The zero-order chi connectivity index (χ0) is 30.6. The molecule has 5 nitrogen and oxygen atoms in total. The Bertz CT molecular complexity index is 1520. The number of thioether (sulfide) groups is 1. The van der Waals surface area contributed by atoms with Gasteiger partial charge in [0, 0.05) is 32.0 Å². The van der Waals surface area contributed by atoms with Crippen molar-refractivity contribution in [1.29, 1.82) is 0 Å². The van der Waals surface area contributed by atoms with Crippen LogP contribution in [-0.4, -0.2) is 15.5 Å². The lowest BCUT2D eigenvalue weighted by Crippen LogP contribution is -2.00. The molecule has 1 atom stereocenters. The lowest BCUT2D eigenvalue weighted by molar-refractivity contribution is 0.478. The van der Waals surface area contributed by atoms with E-state index in [1.807, 2.05) is 49.0 Å². The minimum absolute atomic E-state index is 0.0705. The number of nitrogens with zero attached hydrogens (tertiary/aromatic N) is 2. The maximum Gasteiger partial charge on any atom is 0.133 e. The summed E-state index contributed by atoms with van der Waals surface area (Å²) in [6.45, 7) is 6.39. The van der Waals surface area contributed by atoms with Crippen molar-refractivity contribution in [1.82, 2.24) is 0 Å². The fraction of sp³-hybridized carbons (Fsp3) is 0.459. The number of phenolic OH excluding ortho intramolecular Hbond substituents is 2. The first-order valence-electron chi connectivity index (χ1n) is 16.3. The van der Waals surface area contributed by atoms with Gasteiger partial charge in [-0.15, -0.1) is 22.0 Å². The number of benzene rings is 4. The maximum absolute atomic E-state index is 11.3. The largest absolute Gasteiger partial charge is 0.507 e. The van der Waals surface area contributed by atoms with Crippen LogP contribution in [0.5, 0.6) is 11.5 Å². The number of aromatic hydroxyl groups is 2. The van der Waals surface area contributed by atoms with Gasteiger partial charge in [-0.1, -0.05) is 121 Å². The van der Waals surface area contributed by atoms with Gasteiger partial charge in [-0.2, -0.15) is 0 Å². The van der Waals surface area contributed by atoms with Crippen LogP contribution in [0.3, 0.4) is 0 Å². The van der Waals surface area contributed by atoms with Gasteiger partial charge in [-0.25, -0.2) is 0 Å². The van der Waals surface area contributed by atoms with E-state index >= 15 is 0 Å². The molecule has 0 radical (unpaired) electrons. The Labute approximate surface area is 262 Å². The average Bonchev–Trinajstić information content (AvgIpc) is 3.02. The Balaban J connectivity index is 1.42. The van der Waals surface area contributed by atoms with Crippen LogP contribution in [0, 0.1) is 6.92 Å². The van der Waals surface area contributed by atoms with Crippen LogP contribution in [0.4, 0.5) is 17.1 Å². The van der Waals surface area contributed by atoms with E-state index in [0.29, 0.717) is 43.7 Å². The number of nitrogen functional groups attached to an aromatic ring is 1. The number of phenols is 2. The summed E-state index contributed by atoms with van der Waals surface area (Å²) in [6.07, 6.45) is 17.3. The first-order chi connectivity index (χ1) is 21.0. The van der Waals surface area contributed by atoms with E-state index in [1.165, 1.54) is 77.0 Å². The number of hydrogen-bond donors (Lipinski definition) is 3. The maximum atomic E-state index is 11.3. The van der Waals surface area contributed by atoms with Crippen LogP contribution in [0.15, 0.2) is 69.7 Å². The van der Waals surface area contributed by atoms with Gasteiger partial charge in [-0.3, -0.25) is 0 Å². The Morgan fingerprint density at radius 3 is 1.86 bits per heavy atom. The van der Waals surface area contributed by atoms with Crippen LogP contribution in [0.2, 0.25) is 0 Å². The number of aryl methyl sites for hydroxylation is 1. The predicted molar refractivity (Wildman–Crippen MR) is 186 cm³/mol. The molecule has 43 heavy (non-hydrogen) atoms. The molecule has 4 aromatic carbocycles. The highest BCUT2D eigenvalue weighted by atomic mass is 32.2. The summed E-state index contributed by atoms with van der Waals surface area (Å²) in [5, 5.41) is 34.3. The molecule has 6 heteroatoms. The summed E-state index contributed by atoms with van der Waals surface area (Å²) in [7, 11) is 0. The number of unbranched alkanes of at least 4 members (excludes halogenated alkanes) is 10. The van der Waals surface area contributed by atoms with Gasteiger partial charge in [0.25, 0.3) is 0 Å². The van der Waals surface area contributed by atoms with E-state index in [1.54, 1.807) is 18.2 Å². The molecule has 0 spiro atoms. The number of anilines is 1. The van der Waals surface area contributed by atoms with Gasteiger partial charge < -0.3 is 15.9 Å². The van der Waals surface area contributed by atoms with Crippen molar-refractivity contribution in [3.63, 3.8) is 0 Å². The molecular weight excluding hydrogens is 550 g/mol. The second-order valence-electron chi connectivity index (χ2n) is 11.7. The van der Waals surface area contributed by atoms with Crippen molar-refractivity contribution >= 4 is 50.4 Å². The van der Waals surface area contributed by atoms with Gasteiger partial charge >= 0.3 is 0 Å². The topological polar surface area (TPSA) is 91.2 Å². The van der Waals surface area contributed by atoms with Crippen molar-refractivity contribution in [3.8, 4) is 11.5 Å². The van der Waals surface area contributed by atoms with Crippen LogP contribution in [-0.2, 0) is 0 Å². The minimum Gasteiger partial charge on any atom is -0.507 e. The van der Waals surface area contributed by atoms with Crippen molar-refractivity contribution < 1.29 is 10.2 Å². The van der Waals surface area contributed by atoms with Crippen LogP contribution >= 0.6 is 11.8 Å².